The highest BCUT2D eigenvalue weighted by molar-refractivity contribution is 7.17. The van der Waals surface area contributed by atoms with E-state index >= 15 is 0 Å². The minimum Gasteiger partial charge on any atom is -0.359 e. The molecule has 0 atom stereocenters. The van der Waals surface area contributed by atoms with Crippen molar-refractivity contribution in [3.63, 3.8) is 0 Å². The molecule has 11 heteroatoms. The van der Waals surface area contributed by atoms with Crippen LogP contribution in [0.25, 0.3) is 21.5 Å². The smallest absolute Gasteiger partial charge is 0.268 e. The van der Waals surface area contributed by atoms with Gasteiger partial charge < -0.3 is 14.8 Å². The van der Waals surface area contributed by atoms with Crippen LogP contribution in [0.1, 0.15) is 32.0 Å². The van der Waals surface area contributed by atoms with Crippen molar-refractivity contribution < 1.29 is 14.4 Å². The molecule has 3 heterocycles. The summed E-state index contributed by atoms with van der Waals surface area (Å²) in [6.07, 6.45) is 5.39. The molecule has 0 unspecified atom stereocenters. The number of aryl methyl sites for hydroxylation is 1. The predicted molar refractivity (Wildman–Crippen MR) is 167 cm³/mol. The lowest BCUT2D eigenvalue weighted by molar-refractivity contribution is -0.120. The standard InChI is InChI=1S/C31H29N7O3S/c1-32-17-20-15-22(19-34-18-20)26-11-12-27(42-26)29(40)36-31-35-24-16-23(37(3)30(41)21-7-5-4-6-8-21)9-10-25(24)38(31)14-13-28(39)33-2/h4-12,15-19H,13-14H2,1-3H3,(H,33,39)(H,35,36,40). The van der Waals surface area contributed by atoms with E-state index in [1.807, 2.05) is 42.5 Å². The van der Waals surface area contributed by atoms with E-state index in [1.165, 1.54) is 11.3 Å². The summed E-state index contributed by atoms with van der Waals surface area (Å²) in [4.78, 5) is 54.4. The second-order valence-electron chi connectivity index (χ2n) is 9.43. The third-order valence-electron chi connectivity index (χ3n) is 6.66. The van der Waals surface area contributed by atoms with Crippen LogP contribution in [0.5, 0.6) is 0 Å². The lowest BCUT2D eigenvalue weighted by Crippen LogP contribution is -2.26. The van der Waals surface area contributed by atoms with E-state index in [1.54, 1.807) is 73.5 Å². The number of imidazole rings is 1. The first-order valence-electron chi connectivity index (χ1n) is 13.2. The maximum atomic E-state index is 13.3. The summed E-state index contributed by atoms with van der Waals surface area (Å²) >= 11 is 1.34. The highest BCUT2D eigenvalue weighted by Crippen LogP contribution is 2.30. The van der Waals surface area contributed by atoms with Crippen LogP contribution in [0.15, 0.2) is 84.1 Å². The van der Waals surface area contributed by atoms with Crippen LogP contribution < -0.4 is 15.5 Å². The Kier molecular flexibility index (Phi) is 8.49. The number of aromatic nitrogens is 3. The van der Waals surface area contributed by atoms with Crippen molar-refractivity contribution in [1.82, 2.24) is 19.9 Å². The van der Waals surface area contributed by atoms with Crippen LogP contribution in [0.2, 0.25) is 0 Å². The topological polar surface area (TPSA) is 122 Å². The summed E-state index contributed by atoms with van der Waals surface area (Å²) in [6, 6.07) is 20.1. The van der Waals surface area contributed by atoms with Crippen molar-refractivity contribution in [3.05, 3.63) is 95.1 Å². The Morgan fingerprint density at radius 1 is 1.05 bits per heavy atom. The first kappa shape index (κ1) is 28.4. The van der Waals surface area contributed by atoms with E-state index in [2.05, 4.69) is 20.6 Å². The van der Waals surface area contributed by atoms with Gasteiger partial charge in [0.25, 0.3) is 11.8 Å². The molecule has 0 aliphatic heterocycles. The summed E-state index contributed by atoms with van der Waals surface area (Å²) in [5.74, 6) is -0.297. The quantitative estimate of drug-likeness (QED) is 0.241. The van der Waals surface area contributed by atoms with E-state index < -0.39 is 0 Å². The van der Waals surface area contributed by atoms with Crippen molar-refractivity contribution in [2.45, 2.75) is 13.0 Å². The van der Waals surface area contributed by atoms with Gasteiger partial charge in [-0.15, -0.1) is 11.3 Å². The van der Waals surface area contributed by atoms with Gasteiger partial charge in [0.2, 0.25) is 11.9 Å². The van der Waals surface area contributed by atoms with Gasteiger partial charge in [-0.25, -0.2) is 4.98 Å². The lowest BCUT2D eigenvalue weighted by atomic mass is 10.2. The summed E-state index contributed by atoms with van der Waals surface area (Å²) in [6.45, 7) is 0.303. The zero-order valence-electron chi connectivity index (χ0n) is 23.4. The molecular formula is C31H29N7O3S. The molecule has 0 aliphatic rings. The molecule has 3 aromatic heterocycles. The molecule has 10 nitrogen and oxygen atoms in total. The minimum atomic E-state index is -0.321. The maximum absolute atomic E-state index is 13.3. The number of anilines is 2. The van der Waals surface area contributed by atoms with Crippen molar-refractivity contribution in [3.8, 4) is 10.4 Å². The Labute approximate surface area is 246 Å². The number of rotatable bonds is 9. The lowest BCUT2D eigenvalue weighted by Gasteiger charge is -2.17. The molecular weight excluding hydrogens is 550 g/mol. The van der Waals surface area contributed by atoms with Crippen LogP contribution >= 0.6 is 11.3 Å². The maximum Gasteiger partial charge on any atom is 0.268 e. The monoisotopic (exact) mass is 579 g/mol. The number of fused-ring (bicyclic) bond motifs is 1. The first-order valence-corrected chi connectivity index (χ1v) is 14.0. The Bertz CT molecular complexity index is 1790. The van der Waals surface area contributed by atoms with Gasteiger partial charge in [0.15, 0.2) is 0 Å². The molecule has 0 aliphatic carbocycles. The Morgan fingerprint density at radius 2 is 1.86 bits per heavy atom. The largest absolute Gasteiger partial charge is 0.359 e. The van der Waals surface area contributed by atoms with Crippen LogP contribution in [0.3, 0.4) is 0 Å². The molecule has 0 radical (unpaired) electrons. The van der Waals surface area contributed by atoms with Gasteiger partial charge in [-0.1, -0.05) is 18.2 Å². The van der Waals surface area contributed by atoms with Crippen molar-refractivity contribution in [2.24, 2.45) is 4.99 Å². The average Bonchev–Trinajstić information content (AvgIpc) is 3.65. The van der Waals surface area contributed by atoms with Gasteiger partial charge in [0.05, 0.1) is 15.9 Å². The number of pyridine rings is 1. The number of hydrogen-bond acceptors (Lipinski definition) is 7. The van der Waals surface area contributed by atoms with Crippen LogP contribution in [0.4, 0.5) is 11.6 Å². The molecule has 2 aromatic carbocycles. The summed E-state index contributed by atoms with van der Waals surface area (Å²) in [5.41, 5.74) is 4.29. The molecule has 2 N–H and O–H groups in total. The number of benzene rings is 2. The Morgan fingerprint density at radius 3 is 2.62 bits per heavy atom. The molecule has 5 rings (SSSR count). The average molecular weight is 580 g/mol. The zero-order chi connectivity index (χ0) is 29.6. The van der Waals surface area contributed by atoms with Gasteiger partial charge in [-0.3, -0.25) is 29.7 Å². The van der Waals surface area contributed by atoms with Crippen LogP contribution in [-0.4, -0.2) is 59.6 Å². The SMILES string of the molecule is CN=Cc1cncc(-c2ccc(C(=O)Nc3nc4cc(N(C)C(=O)c5ccccc5)ccc4n3CCC(=O)NC)s2)c1. The number of nitrogens with zero attached hydrogens (tertiary/aromatic N) is 5. The number of carbonyl (C=O) groups is 3. The van der Waals surface area contributed by atoms with Gasteiger partial charge in [0, 0.05) is 80.0 Å². The molecule has 42 heavy (non-hydrogen) atoms. The van der Waals surface area contributed by atoms with Crippen molar-refractivity contribution >= 4 is 57.9 Å². The van der Waals surface area contributed by atoms with Crippen LogP contribution in [-0.2, 0) is 11.3 Å². The summed E-state index contributed by atoms with van der Waals surface area (Å²) < 4.78 is 1.80. The molecule has 3 amide bonds. The Balaban J connectivity index is 1.43. The summed E-state index contributed by atoms with van der Waals surface area (Å²) in [7, 11) is 4.99. The second kappa shape index (κ2) is 12.6. The molecule has 0 spiro atoms. The fourth-order valence-electron chi connectivity index (χ4n) is 4.47. The molecule has 5 aromatic rings. The molecule has 0 saturated carbocycles. The normalized spacial score (nSPS) is 11.1. The minimum absolute atomic E-state index is 0.134. The van der Waals surface area contributed by atoms with Crippen molar-refractivity contribution in [1.29, 1.82) is 0 Å². The number of carbonyl (C=O) groups excluding carboxylic acids is 3. The number of nitrogens with one attached hydrogen (secondary N) is 2. The molecule has 0 saturated heterocycles. The predicted octanol–water partition coefficient (Wildman–Crippen LogP) is 4.87. The van der Waals surface area contributed by atoms with Gasteiger partial charge in [-0.2, -0.15) is 0 Å². The molecule has 0 bridgehead atoms. The molecule has 0 fully saturated rings. The van der Waals surface area contributed by atoms with Gasteiger partial charge >= 0.3 is 0 Å². The van der Waals surface area contributed by atoms with E-state index in [0.717, 1.165) is 21.5 Å². The van der Waals surface area contributed by atoms with Gasteiger partial charge in [-0.05, 0) is 48.5 Å². The zero-order valence-corrected chi connectivity index (χ0v) is 24.2. The summed E-state index contributed by atoms with van der Waals surface area (Å²) in [5, 5.41) is 5.55. The highest BCUT2D eigenvalue weighted by Gasteiger charge is 2.19. The van der Waals surface area contributed by atoms with Crippen molar-refractivity contribution in [2.75, 3.05) is 31.4 Å². The molecule has 212 valence electrons. The third-order valence-corrected chi connectivity index (χ3v) is 7.80. The van der Waals surface area contributed by atoms with E-state index in [9.17, 15) is 14.4 Å². The van der Waals surface area contributed by atoms with Gasteiger partial charge in [0.1, 0.15) is 0 Å². The number of thiophene rings is 1. The van der Waals surface area contributed by atoms with E-state index in [0.29, 0.717) is 34.1 Å². The van der Waals surface area contributed by atoms with E-state index in [-0.39, 0.29) is 24.1 Å². The number of aliphatic imine (C=N–C) groups is 1. The fourth-order valence-corrected chi connectivity index (χ4v) is 5.35. The van der Waals surface area contributed by atoms with E-state index in [4.69, 9.17) is 4.98 Å². The second-order valence-corrected chi connectivity index (χ2v) is 10.5. The number of amides is 3. The first-order chi connectivity index (χ1) is 20.4. The van der Waals surface area contributed by atoms with Crippen LogP contribution in [0, 0.1) is 0 Å². The fraction of sp³-hybridized carbons (Fsp3) is 0.161. The highest BCUT2D eigenvalue weighted by atomic mass is 32.1. The third kappa shape index (κ3) is 6.11. The number of hydrogen-bond donors (Lipinski definition) is 2. The Hall–Kier alpha value is -5.16.